The second-order valence-electron chi connectivity index (χ2n) is 4.12. The molecule has 1 radical (unpaired) electrons. The van der Waals surface area contributed by atoms with Gasteiger partial charge < -0.3 is 24.3 Å². The summed E-state index contributed by atoms with van der Waals surface area (Å²) in [5, 5.41) is 7.46. The maximum atomic E-state index is 4.23. The van der Waals surface area contributed by atoms with Gasteiger partial charge in [-0.3, -0.25) is 0 Å². The number of hydrogen-bond donors (Lipinski definition) is 1. The molecule has 3 nitrogen and oxygen atoms in total. The van der Waals surface area contributed by atoms with Gasteiger partial charge in [-0.25, -0.2) is 0 Å². The fraction of sp³-hybridized carbons (Fsp3) is 0.267. The first kappa shape index (κ1) is 18.5. The molecule has 0 unspecified atom stereocenters. The molecule has 2 aromatic rings. The zero-order valence-corrected chi connectivity index (χ0v) is 14.8. The number of rotatable bonds is 4. The third-order valence-electron chi connectivity index (χ3n) is 3.04. The predicted molar refractivity (Wildman–Crippen MR) is 76.9 cm³/mol. The van der Waals surface area contributed by atoms with Gasteiger partial charge in [0, 0.05) is 50.5 Å². The van der Waals surface area contributed by atoms with Crippen LogP contribution in [0.1, 0.15) is 18.5 Å². The Bertz CT molecular complexity index is 476. The summed E-state index contributed by atoms with van der Waals surface area (Å²) in [6, 6.07) is 8.95. The summed E-state index contributed by atoms with van der Waals surface area (Å²) in [6.07, 6.45) is 3.89. The van der Waals surface area contributed by atoms with Crippen LogP contribution in [0, 0.1) is 14.4 Å². The fourth-order valence-electron chi connectivity index (χ4n) is 1.77. The van der Waals surface area contributed by atoms with Gasteiger partial charge in [-0.1, -0.05) is 30.8 Å². The number of aromatic nitrogens is 2. The van der Waals surface area contributed by atoms with Crippen molar-refractivity contribution in [3.8, 4) is 11.1 Å². The van der Waals surface area contributed by atoms with E-state index in [0.29, 0.717) is 12.6 Å². The smallest absolute Gasteiger partial charge is 0.0567 e. The van der Waals surface area contributed by atoms with Gasteiger partial charge in [0.25, 0.3) is 0 Å². The number of nitrogens with zero attached hydrogens (tertiary/aromatic N) is 2. The van der Waals surface area contributed by atoms with Gasteiger partial charge >= 0.3 is 0 Å². The minimum atomic E-state index is 0. The Morgan fingerprint density at radius 3 is 2.37 bits per heavy atom. The van der Waals surface area contributed by atoms with Crippen LogP contribution in [-0.4, -0.2) is 16.8 Å². The van der Waals surface area contributed by atoms with Crippen LogP contribution < -0.4 is 5.32 Å². The first-order valence-electron chi connectivity index (χ1n) is 5.84. The largest absolute Gasteiger partial charge is 0.358 e. The number of hydrogen-bond acceptors (Lipinski definition) is 2. The van der Waals surface area contributed by atoms with E-state index in [1.54, 1.807) is 0 Å². The van der Waals surface area contributed by atoms with Crippen molar-refractivity contribution in [1.29, 1.82) is 0 Å². The quantitative estimate of drug-likeness (QED) is 0.872. The van der Waals surface area contributed by atoms with Crippen molar-refractivity contribution in [2.75, 3.05) is 7.05 Å². The molecule has 0 aliphatic rings. The van der Waals surface area contributed by atoms with E-state index in [1.165, 1.54) is 11.1 Å². The number of benzene rings is 1. The van der Waals surface area contributed by atoms with Crippen LogP contribution >= 0.6 is 0 Å². The molecule has 4 heteroatoms. The van der Waals surface area contributed by atoms with E-state index in [0.717, 1.165) is 5.56 Å². The first-order chi connectivity index (χ1) is 8.24. The SMILES string of the molecule is [CH2-]Cn1cc(-c2ccc([C@H](C)NC)cc2)cn1.[CH3-].[Y]. The molecule has 1 atom stereocenters. The van der Waals surface area contributed by atoms with Crippen molar-refractivity contribution in [1.82, 2.24) is 15.1 Å². The van der Waals surface area contributed by atoms with Crippen molar-refractivity contribution < 1.29 is 32.7 Å². The topological polar surface area (TPSA) is 29.9 Å². The Hall–Kier alpha value is -0.506. The monoisotopic (exact) mass is 332 g/mol. The third-order valence-corrected chi connectivity index (χ3v) is 3.04. The van der Waals surface area contributed by atoms with Crippen molar-refractivity contribution in [2.45, 2.75) is 19.5 Å². The summed E-state index contributed by atoms with van der Waals surface area (Å²) < 4.78 is 1.83. The summed E-state index contributed by atoms with van der Waals surface area (Å²) in [7, 11) is 1.97. The van der Waals surface area contributed by atoms with Gasteiger partial charge in [-0.15, -0.1) is 0 Å². The van der Waals surface area contributed by atoms with Crippen LogP contribution in [0.3, 0.4) is 0 Å². The Morgan fingerprint density at radius 2 is 1.89 bits per heavy atom. The predicted octanol–water partition coefficient (Wildman–Crippen LogP) is 3.11. The molecular weight excluding hydrogens is 311 g/mol. The molecule has 19 heavy (non-hydrogen) atoms. The molecule has 0 bridgehead atoms. The second-order valence-corrected chi connectivity index (χ2v) is 4.12. The summed E-state index contributed by atoms with van der Waals surface area (Å²) in [4.78, 5) is 0. The van der Waals surface area contributed by atoms with Crippen molar-refractivity contribution >= 4 is 0 Å². The summed E-state index contributed by atoms with van der Waals surface area (Å²) in [6.45, 7) is 6.61. The molecule has 1 N–H and O–H groups in total. The van der Waals surface area contributed by atoms with Crippen LogP contribution in [-0.2, 0) is 39.3 Å². The molecule has 101 valence electrons. The van der Waals surface area contributed by atoms with Gasteiger partial charge in [0.1, 0.15) is 0 Å². The summed E-state index contributed by atoms with van der Waals surface area (Å²) in [5.41, 5.74) is 3.62. The number of nitrogens with one attached hydrogen (secondary N) is 1. The average molecular weight is 332 g/mol. The van der Waals surface area contributed by atoms with E-state index >= 15 is 0 Å². The van der Waals surface area contributed by atoms with E-state index in [-0.39, 0.29) is 40.1 Å². The third kappa shape index (κ3) is 4.52. The second kappa shape index (κ2) is 8.62. The van der Waals surface area contributed by atoms with Crippen LogP contribution in [0.4, 0.5) is 0 Å². The maximum absolute atomic E-state index is 4.23. The Morgan fingerprint density at radius 1 is 1.26 bits per heavy atom. The molecular formula is C15H21N3Y-2. The summed E-state index contributed by atoms with van der Waals surface area (Å²) in [5.74, 6) is 0. The van der Waals surface area contributed by atoms with Crippen molar-refractivity contribution in [3.05, 3.63) is 56.6 Å². The van der Waals surface area contributed by atoms with E-state index in [2.05, 4.69) is 48.5 Å². The van der Waals surface area contributed by atoms with Crippen LogP contribution in [0.25, 0.3) is 11.1 Å². The molecule has 1 heterocycles. The van der Waals surface area contributed by atoms with Gasteiger partial charge in [0.05, 0.1) is 6.20 Å². The van der Waals surface area contributed by atoms with Crippen LogP contribution in [0.2, 0.25) is 0 Å². The molecule has 0 aliphatic carbocycles. The molecule has 1 aromatic carbocycles. The Balaban J connectivity index is 0.00000162. The van der Waals surface area contributed by atoms with Gasteiger partial charge in [0.15, 0.2) is 0 Å². The molecule has 0 fully saturated rings. The molecule has 0 saturated heterocycles. The van der Waals surface area contributed by atoms with Crippen LogP contribution in [0.15, 0.2) is 36.7 Å². The van der Waals surface area contributed by atoms with E-state index in [1.807, 2.05) is 24.1 Å². The minimum Gasteiger partial charge on any atom is -0.358 e. The van der Waals surface area contributed by atoms with Crippen LogP contribution in [0.5, 0.6) is 0 Å². The van der Waals surface area contributed by atoms with Gasteiger partial charge in [-0.05, 0) is 25.1 Å². The van der Waals surface area contributed by atoms with E-state index < -0.39 is 0 Å². The Labute approximate surface area is 141 Å². The summed E-state index contributed by atoms with van der Waals surface area (Å²) >= 11 is 0. The molecule has 0 aliphatic heterocycles. The normalized spacial score (nSPS) is 11.3. The molecule has 1 aromatic heterocycles. The Kier molecular flexibility index (Phi) is 8.39. The zero-order valence-electron chi connectivity index (χ0n) is 11.9. The minimum absolute atomic E-state index is 0. The molecule has 0 amide bonds. The maximum Gasteiger partial charge on any atom is 0.0567 e. The van der Waals surface area contributed by atoms with Crippen molar-refractivity contribution in [3.63, 3.8) is 0 Å². The molecule has 0 saturated carbocycles. The van der Waals surface area contributed by atoms with Crippen molar-refractivity contribution in [2.24, 2.45) is 0 Å². The first-order valence-corrected chi connectivity index (χ1v) is 5.84. The van der Waals surface area contributed by atoms with E-state index in [9.17, 15) is 0 Å². The fourth-order valence-corrected chi connectivity index (χ4v) is 1.77. The van der Waals surface area contributed by atoms with E-state index in [4.69, 9.17) is 0 Å². The molecule has 2 rings (SSSR count). The zero-order chi connectivity index (χ0) is 12.3. The standard InChI is InChI=1S/C14H18N3.CH3.Y/c1-4-17-10-14(9-16-17)13-7-5-12(6-8-13)11(2)15-3;;/h5-11,15H,1,4H2,2-3H3;1H3;/q2*-1;/t11-;;/m0../s1. The molecule has 0 spiro atoms. The van der Waals surface area contributed by atoms with Gasteiger partial charge in [-0.2, -0.15) is 5.10 Å². The average Bonchev–Trinajstić information content (AvgIpc) is 2.87. The van der Waals surface area contributed by atoms with Gasteiger partial charge in [0.2, 0.25) is 0 Å².